The van der Waals surface area contributed by atoms with E-state index in [0.717, 1.165) is 25.1 Å². The van der Waals surface area contributed by atoms with Gasteiger partial charge in [-0.1, -0.05) is 12.1 Å². The third-order valence-corrected chi connectivity index (χ3v) is 3.95. The predicted octanol–water partition coefficient (Wildman–Crippen LogP) is 2.61. The summed E-state index contributed by atoms with van der Waals surface area (Å²) in [5.74, 6) is 0.594. The first-order chi connectivity index (χ1) is 11.8. The molecule has 0 radical (unpaired) electrons. The monoisotopic (exact) mass is 326 g/mol. The minimum absolute atomic E-state index is 0.103. The second-order valence-corrected chi connectivity index (χ2v) is 5.80. The van der Waals surface area contributed by atoms with Crippen molar-refractivity contribution >= 4 is 5.91 Å². The SMILES string of the molecule is O=C(NCCc1ccccn1)c1cccc(OC[C@@H]2CCCO2)c1. The van der Waals surface area contributed by atoms with Gasteiger partial charge in [-0.25, -0.2) is 0 Å². The van der Waals surface area contributed by atoms with Crippen LogP contribution in [0.4, 0.5) is 0 Å². The lowest BCUT2D eigenvalue weighted by Crippen LogP contribution is -2.26. The van der Waals surface area contributed by atoms with Gasteiger partial charge in [0.1, 0.15) is 12.4 Å². The number of pyridine rings is 1. The van der Waals surface area contributed by atoms with Crippen molar-refractivity contribution in [2.75, 3.05) is 19.8 Å². The average molecular weight is 326 g/mol. The molecule has 5 nitrogen and oxygen atoms in total. The zero-order valence-electron chi connectivity index (χ0n) is 13.6. The first-order valence-electron chi connectivity index (χ1n) is 8.34. The van der Waals surface area contributed by atoms with Crippen molar-refractivity contribution in [2.45, 2.75) is 25.4 Å². The Morgan fingerprint density at radius 1 is 1.29 bits per heavy atom. The Morgan fingerprint density at radius 3 is 3.04 bits per heavy atom. The van der Waals surface area contributed by atoms with E-state index in [1.807, 2.05) is 30.3 Å². The normalized spacial score (nSPS) is 16.8. The van der Waals surface area contributed by atoms with Gasteiger partial charge >= 0.3 is 0 Å². The van der Waals surface area contributed by atoms with Crippen molar-refractivity contribution in [1.82, 2.24) is 10.3 Å². The highest BCUT2D eigenvalue weighted by atomic mass is 16.5. The van der Waals surface area contributed by atoms with Crippen molar-refractivity contribution in [1.29, 1.82) is 0 Å². The molecule has 5 heteroatoms. The molecule has 1 aromatic heterocycles. The average Bonchev–Trinajstić information content (AvgIpc) is 3.15. The van der Waals surface area contributed by atoms with Gasteiger partial charge in [0, 0.05) is 37.0 Å². The van der Waals surface area contributed by atoms with Gasteiger partial charge in [-0.05, 0) is 43.2 Å². The van der Waals surface area contributed by atoms with E-state index in [1.165, 1.54) is 0 Å². The van der Waals surface area contributed by atoms with Gasteiger partial charge < -0.3 is 14.8 Å². The summed E-state index contributed by atoms with van der Waals surface area (Å²) >= 11 is 0. The van der Waals surface area contributed by atoms with E-state index < -0.39 is 0 Å². The summed E-state index contributed by atoms with van der Waals surface area (Å²) in [6, 6.07) is 13.0. The van der Waals surface area contributed by atoms with E-state index in [0.29, 0.717) is 30.9 Å². The molecule has 1 aliphatic rings. The lowest BCUT2D eigenvalue weighted by atomic mass is 10.2. The molecule has 24 heavy (non-hydrogen) atoms. The van der Waals surface area contributed by atoms with Crippen LogP contribution in [0.15, 0.2) is 48.7 Å². The molecule has 1 amide bonds. The summed E-state index contributed by atoms with van der Waals surface area (Å²) in [4.78, 5) is 16.5. The fourth-order valence-electron chi connectivity index (χ4n) is 2.64. The number of nitrogens with zero attached hydrogens (tertiary/aromatic N) is 1. The van der Waals surface area contributed by atoms with Crippen LogP contribution in [-0.4, -0.2) is 36.8 Å². The van der Waals surface area contributed by atoms with E-state index in [9.17, 15) is 4.79 Å². The lowest BCUT2D eigenvalue weighted by Gasteiger charge is -2.12. The maximum Gasteiger partial charge on any atom is 0.251 e. The Morgan fingerprint density at radius 2 is 2.25 bits per heavy atom. The number of rotatable bonds is 7. The van der Waals surface area contributed by atoms with E-state index in [-0.39, 0.29) is 12.0 Å². The second kappa shape index (κ2) is 8.45. The molecule has 1 fully saturated rings. The minimum atomic E-state index is -0.103. The summed E-state index contributed by atoms with van der Waals surface area (Å²) in [5.41, 5.74) is 1.56. The van der Waals surface area contributed by atoms with Crippen molar-refractivity contribution in [2.24, 2.45) is 0 Å². The first-order valence-corrected chi connectivity index (χ1v) is 8.34. The largest absolute Gasteiger partial charge is 0.491 e. The zero-order chi connectivity index (χ0) is 16.6. The highest BCUT2D eigenvalue weighted by Gasteiger charge is 2.16. The molecule has 0 bridgehead atoms. The van der Waals surface area contributed by atoms with Crippen LogP contribution in [0.5, 0.6) is 5.75 Å². The maximum absolute atomic E-state index is 12.2. The molecule has 0 spiro atoms. The highest BCUT2D eigenvalue weighted by Crippen LogP contribution is 2.17. The predicted molar refractivity (Wildman–Crippen MR) is 91.2 cm³/mol. The fourth-order valence-corrected chi connectivity index (χ4v) is 2.64. The summed E-state index contributed by atoms with van der Waals surface area (Å²) in [5, 5.41) is 2.91. The Balaban J connectivity index is 1.48. The molecule has 1 atom stereocenters. The van der Waals surface area contributed by atoms with Crippen LogP contribution in [0, 0.1) is 0 Å². The van der Waals surface area contributed by atoms with E-state index >= 15 is 0 Å². The van der Waals surface area contributed by atoms with Gasteiger partial charge in [-0.2, -0.15) is 0 Å². The van der Waals surface area contributed by atoms with Crippen molar-refractivity contribution in [3.8, 4) is 5.75 Å². The molecule has 2 aromatic rings. The van der Waals surface area contributed by atoms with Gasteiger partial charge in [-0.3, -0.25) is 9.78 Å². The van der Waals surface area contributed by atoms with Gasteiger partial charge in [0.2, 0.25) is 0 Å². The Hall–Kier alpha value is -2.40. The van der Waals surface area contributed by atoms with Crippen LogP contribution in [0.2, 0.25) is 0 Å². The van der Waals surface area contributed by atoms with E-state index in [4.69, 9.17) is 9.47 Å². The summed E-state index contributed by atoms with van der Waals surface area (Å²) in [7, 11) is 0. The first kappa shape index (κ1) is 16.5. The quantitative estimate of drug-likeness (QED) is 0.850. The number of nitrogens with one attached hydrogen (secondary N) is 1. The van der Waals surface area contributed by atoms with Crippen LogP contribution in [0.3, 0.4) is 0 Å². The summed E-state index contributed by atoms with van der Waals surface area (Å²) in [6.45, 7) is 1.90. The molecule has 3 rings (SSSR count). The van der Waals surface area contributed by atoms with Gasteiger partial charge in [-0.15, -0.1) is 0 Å². The number of aromatic nitrogens is 1. The van der Waals surface area contributed by atoms with E-state index in [2.05, 4.69) is 10.3 Å². The summed E-state index contributed by atoms with van der Waals surface area (Å²) in [6.07, 6.45) is 4.76. The van der Waals surface area contributed by atoms with Crippen molar-refractivity contribution in [3.63, 3.8) is 0 Å². The molecule has 1 aliphatic heterocycles. The van der Waals surface area contributed by atoms with Crippen LogP contribution in [-0.2, 0) is 11.2 Å². The molecule has 2 heterocycles. The molecule has 0 unspecified atom stereocenters. The number of benzene rings is 1. The van der Waals surface area contributed by atoms with Crippen molar-refractivity contribution in [3.05, 3.63) is 59.9 Å². The number of hydrogen-bond acceptors (Lipinski definition) is 4. The molecular weight excluding hydrogens is 304 g/mol. The second-order valence-electron chi connectivity index (χ2n) is 5.80. The van der Waals surface area contributed by atoms with Gasteiger partial charge in [0.15, 0.2) is 0 Å². The van der Waals surface area contributed by atoms with Gasteiger partial charge in [0.05, 0.1) is 6.10 Å². The number of carbonyl (C=O) groups excluding carboxylic acids is 1. The van der Waals surface area contributed by atoms with Crippen molar-refractivity contribution < 1.29 is 14.3 Å². The standard InChI is InChI=1S/C19H22N2O3/c22-19(21-11-9-16-6-1-2-10-20-16)15-5-3-7-17(13-15)24-14-18-8-4-12-23-18/h1-3,5-7,10,13,18H,4,8-9,11-12,14H2,(H,21,22)/t18-/m0/s1. The number of carbonyl (C=O) groups is 1. The molecule has 0 saturated carbocycles. The maximum atomic E-state index is 12.2. The zero-order valence-corrected chi connectivity index (χ0v) is 13.6. The molecular formula is C19H22N2O3. The molecule has 1 N–H and O–H groups in total. The van der Waals surface area contributed by atoms with Crippen LogP contribution in [0.1, 0.15) is 28.9 Å². The third-order valence-electron chi connectivity index (χ3n) is 3.95. The molecule has 1 saturated heterocycles. The molecule has 126 valence electrons. The summed E-state index contributed by atoms with van der Waals surface area (Å²) < 4.78 is 11.3. The smallest absolute Gasteiger partial charge is 0.251 e. The number of hydrogen-bond donors (Lipinski definition) is 1. The lowest BCUT2D eigenvalue weighted by molar-refractivity contribution is 0.0679. The molecule has 1 aromatic carbocycles. The molecule has 0 aliphatic carbocycles. The Kier molecular flexibility index (Phi) is 5.80. The topological polar surface area (TPSA) is 60.5 Å². The van der Waals surface area contributed by atoms with Crippen LogP contribution < -0.4 is 10.1 Å². The third kappa shape index (κ3) is 4.80. The van der Waals surface area contributed by atoms with E-state index in [1.54, 1.807) is 18.3 Å². The van der Waals surface area contributed by atoms with Crippen LogP contribution in [0.25, 0.3) is 0 Å². The fraction of sp³-hybridized carbons (Fsp3) is 0.368. The Labute approximate surface area is 142 Å². The minimum Gasteiger partial charge on any atom is -0.491 e. The Bertz CT molecular complexity index is 655. The number of ether oxygens (including phenoxy) is 2. The highest BCUT2D eigenvalue weighted by molar-refractivity contribution is 5.94. The number of amides is 1. The van der Waals surface area contributed by atoms with Gasteiger partial charge in [0.25, 0.3) is 5.91 Å². The van der Waals surface area contributed by atoms with Crippen LogP contribution >= 0.6 is 0 Å².